The lowest BCUT2D eigenvalue weighted by Crippen LogP contribution is -2.25. The van der Waals surface area contributed by atoms with E-state index in [2.05, 4.69) is 9.97 Å². The minimum Gasteiger partial charge on any atom is -0.410 e. The van der Waals surface area contributed by atoms with Gasteiger partial charge in [-0.3, -0.25) is 9.97 Å². The zero-order chi connectivity index (χ0) is 29.2. The van der Waals surface area contributed by atoms with Crippen LogP contribution in [0.1, 0.15) is 56.3 Å². The second-order valence-corrected chi connectivity index (χ2v) is 10.7. The number of aryl methyl sites for hydroxylation is 2. The van der Waals surface area contributed by atoms with Crippen molar-refractivity contribution in [2.45, 2.75) is 57.8 Å². The van der Waals surface area contributed by atoms with Gasteiger partial charge in [-0.25, -0.2) is 9.59 Å². The van der Waals surface area contributed by atoms with Crippen molar-refractivity contribution in [2.24, 2.45) is 0 Å². The first-order chi connectivity index (χ1) is 19.8. The maximum absolute atomic E-state index is 12.0. The lowest BCUT2D eigenvalue weighted by atomic mass is 10.0. The standard InChI is InChI=1S/C33H40N4O4.2BrH/c1-36(2)32(38)40-30-18-12-14-24-26(30)20-22-34-28(24)16-10-8-6-5-7-9-11-17-29-25-15-13-19-31(27(25)21-23-35-29)41-33(39)37(3)4;;/h12-15,18-23H,5-11,16-17H2,1-4H3;2*1H. The van der Waals surface area contributed by atoms with Gasteiger partial charge >= 0.3 is 12.2 Å². The Labute approximate surface area is 275 Å². The molecule has 0 unspecified atom stereocenters. The number of halogens is 2. The normalized spacial score (nSPS) is 10.5. The fourth-order valence-corrected chi connectivity index (χ4v) is 4.89. The minimum atomic E-state index is -0.388. The van der Waals surface area contributed by atoms with Crippen LogP contribution in [0.15, 0.2) is 60.9 Å². The summed E-state index contributed by atoms with van der Waals surface area (Å²) in [7, 11) is 6.69. The molecule has 0 radical (unpaired) electrons. The molecule has 0 bridgehead atoms. The van der Waals surface area contributed by atoms with E-state index in [1.54, 1.807) is 40.6 Å². The topological polar surface area (TPSA) is 84.9 Å². The summed E-state index contributed by atoms with van der Waals surface area (Å²) in [5.41, 5.74) is 2.10. The first kappa shape index (κ1) is 36.0. The summed E-state index contributed by atoms with van der Waals surface area (Å²) in [6.45, 7) is 0. The van der Waals surface area contributed by atoms with E-state index in [4.69, 9.17) is 9.47 Å². The molecule has 2 aromatic heterocycles. The number of unbranched alkanes of at least 4 members (excludes halogenated alkanes) is 6. The zero-order valence-corrected chi connectivity index (χ0v) is 28.8. The summed E-state index contributed by atoms with van der Waals surface area (Å²) < 4.78 is 11.1. The maximum Gasteiger partial charge on any atom is 0.414 e. The Bertz CT molecular complexity index is 1390. The number of ether oxygens (including phenoxy) is 2. The number of aromatic nitrogens is 2. The number of fused-ring (bicyclic) bond motifs is 2. The van der Waals surface area contributed by atoms with Gasteiger partial charge in [-0.15, -0.1) is 34.0 Å². The van der Waals surface area contributed by atoms with Crippen LogP contribution in [0.2, 0.25) is 0 Å². The van der Waals surface area contributed by atoms with Crippen molar-refractivity contribution in [3.63, 3.8) is 0 Å². The largest absolute Gasteiger partial charge is 0.414 e. The number of carbonyl (C=O) groups is 2. The quantitative estimate of drug-likeness (QED) is 0.137. The Kier molecular flexibility index (Phi) is 14.9. The molecule has 4 rings (SSSR count). The third kappa shape index (κ3) is 9.89. The molecule has 0 N–H and O–H groups in total. The fourth-order valence-electron chi connectivity index (χ4n) is 4.89. The molecule has 0 atom stereocenters. The van der Waals surface area contributed by atoms with Crippen LogP contribution >= 0.6 is 34.0 Å². The molecule has 2 heterocycles. The summed E-state index contributed by atoms with van der Waals surface area (Å²) in [6, 6.07) is 15.4. The fraction of sp³-hybridized carbons (Fsp3) is 0.394. The summed E-state index contributed by atoms with van der Waals surface area (Å²) in [6.07, 6.45) is 12.7. The molecule has 0 aliphatic carbocycles. The van der Waals surface area contributed by atoms with Gasteiger partial charge in [0.05, 0.1) is 0 Å². The lowest BCUT2D eigenvalue weighted by Gasteiger charge is -2.13. The van der Waals surface area contributed by atoms with Crippen molar-refractivity contribution in [1.82, 2.24) is 19.8 Å². The molecular formula is C33H42Br2N4O4. The van der Waals surface area contributed by atoms with E-state index < -0.39 is 0 Å². The molecule has 0 saturated carbocycles. The van der Waals surface area contributed by atoms with Gasteiger partial charge in [-0.1, -0.05) is 56.4 Å². The van der Waals surface area contributed by atoms with Crippen molar-refractivity contribution < 1.29 is 19.1 Å². The van der Waals surface area contributed by atoms with Gasteiger partial charge in [0, 0.05) is 73.5 Å². The van der Waals surface area contributed by atoms with Gasteiger partial charge in [0.2, 0.25) is 0 Å². The van der Waals surface area contributed by atoms with E-state index in [0.717, 1.165) is 71.5 Å². The van der Waals surface area contributed by atoms with Crippen LogP contribution in [0.4, 0.5) is 9.59 Å². The predicted octanol–water partition coefficient (Wildman–Crippen LogP) is 8.58. The SMILES string of the molecule is Br.Br.CN(C)C(=O)Oc1cccc2c(CCCCCCCCCc3nccc4c(OC(=O)N(C)C)cccc34)nccc12. The number of pyridine rings is 2. The molecule has 0 aliphatic rings. The second-order valence-electron chi connectivity index (χ2n) is 10.7. The average molecular weight is 719 g/mol. The van der Waals surface area contributed by atoms with E-state index in [1.165, 1.54) is 29.1 Å². The van der Waals surface area contributed by atoms with Crippen molar-refractivity contribution in [2.75, 3.05) is 28.2 Å². The predicted molar refractivity (Wildman–Crippen MR) is 183 cm³/mol. The molecule has 232 valence electrons. The van der Waals surface area contributed by atoms with Gasteiger partial charge in [-0.05, 0) is 49.9 Å². The van der Waals surface area contributed by atoms with Crippen LogP contribution in [0.25, 0.3) is 21.5 Å². The number of amides is 2. The van der Waals surface area contributed by atoms with Gasteiger partial charge in [0.25, 0.3) is 0 Å². The summed E-state index contributed by atoms with van der Waals surface area (Å²) in [5.74, 6) is 1.13. The lowest BCUT2D eigenvalue weighted by molar-refractivity contribution is 0.171. The third-order valence-electron chi connectivity index (χ3n) is 7.15. The Morgan fingerprint density at radius 1 is 0.558 bits per heavy atom. The van der Waals surface area contributed by atoms with Crippen molar-refractivity contribution in [1.29, 1.82) is 0 Å². The van der Waals surface area contributed by atoms with Gasteiger partial charge in [0.15, 0.2) is 0 Å². The second kappa shape index (κ2) is 17.8. The van der Waals surface area contributed by atoms with Crippen LogP contribution in [-0.2, 0) is 12.8 Å². The highest BCUT2D eigenvalue weighted by molar-refractivity contribution is 8.93. The number of benzene rings is 2. The Hall–Kier alpha value is -3.24. The molecule has 0 fully saturated rings. The van der Waals surface area contributed by atoms with Crippen molar-refractivity contribution in [3.05, 3.63) is 72.3 Å². The molecule has 10 heteroatoms. The Morgan fingerprint density at radius 3 is 1.30 bits per heavy atom. The van der Waals surface area contributed by atoms with E-state index in [-0.39, 0.29) is 46.1 Å². The summed E-state index contributed by atoms with van der Waals surface area (Å²) in [4.78, 5) is 36.1. The molecule has 0 spiro atoms. The molecule has 0 saturated heterocycles. The highest BCUT2D eigenvalue weighted by atomic mass is 79.9. The van der Waals surface area contributed by atoms with Crippen LogP contribution < -0.4 is 9.47 Å². The van der Waals surface area contributed by atoms with Crippen molar-refractivity contribution in [3.8, 4) is 11.5 Å². The zero-order valence-electron chi connectivity index (χ0n) is 25.4. The van der Waals surface area contributed by atoms with Crippen LogP contribution in [0.3, 0.4) is 0 Å². The van der Waals surface area contributed by atoms with E-state index in [1.807, 2.05) is 48.5 Å². The van der Waals surface area contributed by atoms with Gasteiger partial charge in [-0.2, -0.15) is 0 Å². The molecule has 2 aromatic carbocycles. The summed E-state index contributed by atoms with van der Waals surface area (Å²) in [5, 5.41) is 3.92. The van der Waals surface area contributed by atoms with Gasteiger partial charge in [0.1, 0.15) is 11.5 Å². The highest BCUT2D eigenvalue weighted by Gasteiger charge is 2.13. The summed E-state index contributed by atoms with van der Waals surface area (Å²) >= 11 is 0. The average Bonchev–Trinajstić information content (AvgIpc) is 2.96. The number of rotatable bonds is 12. The number of nitrogens with zero attached hydrogens (tertiary/aromatic N) is 4. The van der Waals surface area contributed by atoms with E-state index in [0.29, 0.717) is 11.5 Å². The monoisotopic (exact) mass is 716 g/mol. The molecule has 0 aliphatic heterocycles. The third-order valence-corrected chi connectivity index (χ3v) is 7.15. The van der Waals surface area contributed by atoms with E-state index >= 15 is 0 Å². The first-order valence-electron chi connectivity index (χ1n) is 14.4. The molecular weight excluding hydrogens is 676 g/mol. The van der Waals surface area contributed by atoms with Gasteiger partial charge < -0.3 is 19.3 Å². The smallest absolute Gasteiger partial charge is 0.410 e. The number of hydrogen-bond donors (Lipinski definition) is 0. The minimum absolute atomic E-state index is 0. The first-order valence-corrected chi connectivity index (χ1v) is 14.4. The van der Waals surface area contributed by atoms with Crippen molar-refractivity contribution >= 4 is 67.7 Å². The van der Waals surface area contributed by atoms with Crippen LogP contribution in [-0.4, -0.2) is 60.1 Å². The van der Waals surface area contributed by atoms with Crippen LogP contribution in [0.5, 0.6) is 11.5 Å². The molecule has 2 amide bonds. The molecule has 43 heavy (non-hydrogen) atoms. The Balaban J connectivity index is 0.00000323. The molecule has 8 nitrogen and oxygen atoms in total. The molecule has 4 aromatic rings. The highest BCUT2D eigenvalue weighted by Crippen LogP contribution is 2.29. The van der Waals surface area contributed by atoms with E-state index in [9.17, 15) is 9.59 Å². The Morgan fingerprint density at radius 2 is 0.930 bits per heavy atom. The maximum atomic E-state index is 12.0. The number of hydrogen-bond acceptors (Lipinski definition) is 6. The van der Waals surface area contributed by atoms with Crippen LogP contribution in [0, 0.1) is 0 Å². The number of carbonyl (C=O) groups excluding carboxylic acids is 2.